The minimum Gasteiger partial charge on any atom is -0.459 e. The number of nitrogens with one attached hydrogen (secondary N) is 1. The molecule has 2 aliphatic heterocycles. The molecule has 0 aliphatic carbocycles. The number of amides is 3. The number of furan rings is 1. The van der Waals surface area contributed by atoms with Crippen molar-refractivity contribution in [3.8, 4) is 0 Å². The van der Waals surface area contributed by atoms with Crippen LogP contribution in [-0.2, 0) is 16.1 Å². The molecule has 1 atom stereocenters. The Morgan fingerprint density at radius 2 is 1.67 bits per heavy atom. The molecular formula is C27H26ClN3O5. The van der Waals surface area contributed by atoms with Gasteiger partial charge in [0.25, 0.3) is 11.8 Å². The van der Waals surface area contributed by atoms with Crippen molar-refractivity contribution in [2.24, 2.45) is 0 Å². The number of hydrogen-bond acceptors (Lipinski definition) is 5. The van der Waals surface area contributed by atoms with Crippen LogP contribution < -0.4 is 5.32 Å². The van der Waals surface area contributed by atoms with Gasteiger partial charge in [0.05, 0.1) is 23.5 Å². The molecule has 2 aromatic carbocycles. The van der Waals surface area contributed by atoms with E-state index in [-0.39, 0.29) is 24.2 Å². The Bertz CT molecular complexity index is 1240. The molecule has 8 nitrogen and oxygen atoms in total. The maximum absolute atomic E-state index is 13.5. The van der Waals surface area contributed by atoms with Crippen LogP contribution in [0.25, 0.3) is 0 Å². The van der Waals surface area contributed by atoms with Crippen molar-refractivity contribution in [3.05, 3.63) is 94.9 Å². The van der Waals surface area contributed by atoms with Crippen LogP contribution >= 0.6 is 11.6 Å². The van der Waals surface area contributed by atoms with E-state index in [9.17, 15) is 14.4 Å². The van der Waals surface area contributed by atoms with Crippen molar-refractivity contribution in [2.45, 2.75) is 31.2 Å². The standard InChI is InChI=1S/C27H26ClN3O5/c28-21-10-5-4-9-20(21)25(33)30-14-12-27(13-15-30)31(26(34)23-11-6-16-35-23)22(18-36-27)24(32)29-17-19-7-2-1-3-8-19/h1-11,16,22H,12-15,17-18H2,(H,29,32). The smallest absolute Gasteiger partial charge is 0.292 e. The zero-order valence-electron chi connectivity index (χ0n) is 19.6. The molecule has 2 fully saturated rings. The van der Waals surface area contributed by atoms with E-state index in [2.05, 4.69) is 5.32 Å². The van der Waals surface area contributed by atoms with E-state index in [1.807, 2.05) is 30.3 Å². The van der Waals surface area contributed by atoms with Crippen LogP contribution in [0.3, 0.4) is 0 Å². The van der Waals surface area contributed by atoms with Crippen molar-refractivity contribution >= 4 is 29.3 Å². The van der Waals surface area contributed by atoms with E-state index in [0.717, 1.165) is 5.56 Å². The number of piperidine rings is 1. The summed E-state index contributed by atoms with van der Waals surface area (Å²) in [6.45, 7) is 1.10. The molecule has 3 amide bonds. The summed E-state index contributed by atoms with van der Waals surface area (Å²) in [5.41, 5.74) is 0.370. The molecule has 1 spiro atoms. The SMILES string of the molecule is O=C(NCc1ccccc1)C1COC2(CCN(C(=O)c3ccccc3Cl)CC2)N1C(=O)c1ccco1. The van der Waals surface area contributed by atoms with Crippen LogP contribution in [0.15, 0.2) is 77.4 Å². The lowest BCUT2D eigenvalue weighted by atomic mass is 9.96. The van der Waals surface area contributed by atoms with Gasteiger partial charge in [0, 0.05) is 32.5 Å². The first-order valence-electron chi connectivity index (χ1n) is 11.8. The molecule has 2 aliphatic rings. The molecule has 0 saturated carbocycles. The lowest BCUT2D eigenvalue weighted by Crippen LogP contribution is -2.59. The first kappa shape index (κ1) is 24.1. The monoisotopic (exact) mass is 507 g/mol. The lowest BCUT2D eigenvalue weighted by Gasteiger charge is -2.44. The molecule has 1 unspecified atom stereocenters. The van der Waals surface area contributed by atoms with E-state index in [4.69, 9.17) is 20.8 Å². The number of benzene rings is 2. The van der Waals surface area contributed by atoms with Crippen molar-refractivity contribution < 1.29 is 23.5 Å². The third-order valence-electron chi connectivity index (χ3n) is 6.76. The quantitative estimate of drug-likeness (QED) is 0.568. The van der Waals surface area contributed by atoms with E-state index >= 15 is 0 Å². The van der Waals surface area contributed by atoms with Crippen LogP contribution in [0.5, 0.6) is 0 Å². The summed E-state index contributed by atoms with van der Waals surface area (Å²) < 4.78 is 11.6. The Balaban J connectivity index is 1.34. The van der Waals surface area contributed by atoms with Crippen LogP contribution in [0.1, 0.15) is 39.3 Å². The second-order valence-electron chi connectivity index (χ2n) is 8.90. The Morgan fingerprint density at radius 1 is 0.944 bits per heavy atom. The van der Waals surface area contributed by atoms with E-state index in [1.165, 1.54) is 11.2 Å². The highest BCUT2D eigenvalue weighted by Crippen LogP contribution is 2.39. The van der Waals surface area contributed by atoms with E-state index in [1.54, 1.807) is 41.3 Å². The van der Waals surface area contributed by atoms with Gasteiger partial charge in [-0.3, -0.25) is 19.3 Å². The largest absolute Gasteiger partial charge is 0.459 e. The molecule has 1 aromatic heterocycles. The summed E-state index contributed by atoms with van der Waals surface area (Å²) in [5, 5.41) is 3.32. The zero-order valence-corrected chi connectivity index (χ0v) is 20.3. The summed E-state index contributed by atoms with van der Waals surface area (Å²) in [5.74, 6) is -0.752. The molecule has 3 heterocycles. The summed E-state index contributed by atoms with van der Waals surface area (Å²) in [7, 11) is 0. The number of halogens is 1. The van der Waals surface area contributed by atoms with Gasteiger partial charge in [0.15, 0.2) is 5.76 Å². The molecule has 5 rings (SSSR count). The van der Waals surface area contributed by atoms with Gasteiger partial charge in [0.1, 0.15) is 11.8 Å². The molecule has 0 radical (unpaired) electrons. The van der Waals surface area contributed by atoms with Crippen molar-refractivity contribution in [3.63, 3.8) is 0 Å². The van der Waals surface area contributed by atoms with E-state index < -0.39 is 17.7 Å². The van der Waals surface area contributed by atoms with Crippen molar-refractivity contribution in [1.82, 2.24) is 15.1 Å². The van der Waals surface area contributed by atoms with Crippen molar-refractivity contribution in [2.75, 3.05) is 19.7 Å². The van der Waals surface area contributed by atoms with Crippen molar-refractivity contribution in [1.29, 1.82) is 0 Å². The average molecular weight is 508 g/mol. The third kappa shape index (κ3) is 4.62. The first-order valence-corrected chi connectivity index (χ1v) is 12.2. The highest BCUT2D eigenvalue weighted by molar-refractivity contribution is 6.33. The molecule has 186 valence electrons. The highest BCUT2D eigenvalue weighted by atomic mass is 35.5. The number of likely N-dealkylation sites (tertiary alicyclic amines) is 1. The van der Waals surface area contributed by atoms with Crippen LogP contribution in [0.2, 0.25) is 5.02 Å². The minimum absolute atomic E-state index is 0.0610. The number of hydrogen-bond donors (Lipinski definition) is 1. The van der Waals surface area contributed by atoms with Gasteiger partial charge in [-0.1, -0.05) is 54.1 Å². The predicted octanol–water partition coefficient (Wildman–Crippen LogP) is 3.72. The average Bonchev–Trinajstić information content (AvgIpc) is 3.57. The van der Waals surface area contributed by atoms with Gasteiger partial charge in [-0.25, -0.2) is 0 Å². The number of nitrogens with zero attached hydrogens (tertiary/aromatic N) is 2. The molecular weight excluding hydrogens is 482 g/mol. The van der Waals surface area contributed by atoms with Gasteiger partial charge >= 0.3 is 0 Å². The van der Waals surface area contributed by atoms with Crippen LogP contribution in [0.4, 0.5) is 0 Å². The fourth-order valence-corrected chi connectivity index (χ4v) is 5.07. The topological polar surface area (TPSA) is 92.1 Å². The molecule has 0 bridgehead atoms. The molecule has 3 aromatic rings. The Kier molecular flexibility index (Phi) is 6.80. The number of ether oxygens (including phenoxy) is 1. The molecule has 36 heavy (non-hydrogen) atoms. The molecule has 2 saturated heterocycles. The molecule has 1 N–H and O–H groups in total. The first-order chi connectivity index (χ1) is 17.5. The predicted molar refractivity (Wildman–Crippen MR) is 132 cm³/mol. The van der Waals surface area contributed by atoms with Gasteiger partial charge in [-0.15, -0.1) is 0 Å². The maximum atomic E-state index is 13.5. The Hall–Kier alpha value is -3.62. The van der Waals surface area contributed by atoms with Gasteiger partial charge in [-0.2, -0.15) is 0 Å². The Labute approximate surface area is 213 Å². The maximum Gasteiger partial charge on any atom is 0.292 e. The van der Waals surface area contributed by atoms with Crippen LogP contribution in [0, 0.1) is 0 Å². The van der Waals surface area contributed by atoms with Gasteiger partial charge < -0.3 is 19.4 Å². The van der Waals surface area contributed by atoms with Gasteiger partial charge in [-0.05, 0) is 29.8 Å². The summed E-state index contributed by atoms with van der Waals surface area (Å²) >= 11 is 6.23. The fraction of sp³-hybridized carbons (Fsp3) is 0.296. The fourth-order valence-electron chi connectivity index (χ4n) is 4.85. The lowest BCUT2D eigenvalue weighted by molar-refractivity contribution is -0.128. The van der Waals surface area contributed by atoms with E-state index in [0.29, 0.717) is 43.1 Å². The minimum atomic E-state index is -1.02. The summed E-state index contributed by atoms with van der Waals surface area (Å²) in [4.78, 5) is 43.0. The number of carbonyl (C=O) groups excluding carboxylic acids is 3. The highest BCUT2D eigenvalue weighted by Gasteiger charge is 2.54. The molecule has 9 heteroatoms. The number of carbonyl (C=O) groups is 3. The summed E-state index contributed by atoms with van der Waals surface area (Å²) in [6.07, 6.45) is 2.14. The number of rotatable bonds is 5. The normalized spacial score (nSPS) is 18.9. The van der Waals surface area contributed by atoms with Gasteiger partial charge in [0.2, 0.25) is 5.91 Å². The second kappa shape index (κ2) is 10.2. The van der Waals surface area contributed by atoms with Crippen LogP contribution in [-0.4, -0.2) is 59.0 Å². The zero-order chi connectivity index (χ0) is 25.1. The summed E-state index contributed by atoms with van der Waals surface area (Å²) in [6, 6.07) is 18.9. The second-order valence-corrected chi connectivity index (χ2v) is 9.31. The third-order valence-corrected chi connectivity index (χ3v) is 7.09. The Morgan fingerprint density at radius 3 is 2.36 bits per heavy atom.